The molecule has 0 fully saturated rings. The first-order valence-corrected chi connectivity index (χ1v) is 9.89. The highest BCUT2D eigenvalue weighted by atomic mass is 15.4. The van der Waals surface area contributed by atoms with Crippen molar-refractivity contribution in [2.75, 3.05) is 23.1 Å². The predicted molar refractivity (Wildman–Crippen MR) is 125 cm³/mol. The van der Waals surface area contributed by atoms with Gasteiger partial charge in [-0.25, -0.2) is 9.13 Å². The summed E-state index contributed by atoms with van der Waals surface area (Å²) in [5.74, 6) is 1.07. The summed E-state index contributed by atoms with van der Waals surface area (Å²) >= 11 is 0. The second kappa shape index (κ2) is 7.91. The summed E-state index contributed by atoms with van der Waals surface area (Å²) in [6.45, 7) is 2.04. The highest BCUT2D eigenvalue weighted by Crippen LogP contribution is 2.22. The molecule has 0 amide bonds. The molecule has 4 rings (SSSR count). The van der Waals surface area contributed by atoms with E-state index in [4.69, 9.17) is 10.8 Å². The Balaban J connectivity index is 1.55. The number of imidazole rings is 1. The molecule has 4 aromatic rings. The van der Waals surface area contributed by atoms with Crippen LogP contribution < -0.4 is 20.6 Å². The topological polar surface area (TPSA) is 62.5 Å². The summed E-state index contributed by atoms with van der Waals surface area (Å²) in [5, 5.41) is 10.1. The van der Waals surface area contributed by atoms with E-state index in [1.54, 1.807) is 0 Å². The molecule has 0 atom stereocenters. The zero-order valence-electron chi connectivity index (χ0n) is 17.8. The molecule has 0 spiro atoms. The van der Waals surface area contributed by atoms with Gasteiger partial charge in [-0.1, -0.05) is 12.1 Å². The number of aryl methyl sites for hydroxylation is 2. The van der Waals surface area contributed by atoms with Gasteiger partial charge in [-0.2, -0.15) is 5.10 Å². The number of nitrogens with one attached hydrogen (secondary N) is 1. The van der Waals surface area contributed by atoms with Crippen molar-refractivity contribution < 1.29 is 4.57 Å². The number of nitrogen functional groups attached to an aromatic ring is 1. The van der Waals surface area contributed by atoms with Gasteiger partial charge in [-0.15, -0.1) is 0 Å². The number of nitrogens with two attached hydrogens (primary N) is 1. The minimum Gasteiger partial charge on any atom is -0.399 e. The van der Waals surface area contributed by atoms with Crippen LogP contribution in [0.1, 0.15) is 12.7 Å². The maximum Gasteiger partial charge on any atom is 0.305 e. The van der Waals surface area contributed by atoms with Crippen LogP contribution in [-0.4, -0.2) is 17.3 Å². The molecule has 152 valence electrons. The largest absolute Gasteiger partial charge is 0.399 e. The third-order valence-corrected chi connectivity index (χ3v) is 5.30. The molecule has 3 aromatic carbocycles. The Morgan fingerprint density at radius 2 is 1.57 bits per heavy atom. The summed E-state index contributed by atoms with van der Waals surface area (Å²) in [5.41, 5.74) is 12.8. The first-order valence-electron chi connectivity index (χ1n) is 9.89. The van der Waals surface area contributed by atoms with E-state index in [0.717, 1.165) is 34.3 Å². The van der Waals surface area contributed by atoms with E-state index in [9.17, 15) is 0 Å². The second-order valence-electron chi connectivity index (χ2n) is 7.43. The lowest BCUT2D eigenvalue weighted by Crippen LogP contribution is -2.36. The van der Waals surface area contributed by atoms with Gasteiger partial charge in [0.05, 0.1) is 19.8 Å². The molecule has 1 aromatic heterocycles. The number of aromatic nitrogens is 2. The van der Waals surface area contributed by atoms with Gasteiger partial charge >= 0.3 is 5.82 Å². The molecule has 0 aliphatic carbocycles. The Morgan fingerprint density at radius 1 is 0.967 bits per heavy atom. The van der Waals surface area contributed by atoms with Crippen LogP contribution in [-0.2, 0) is 14.1 Å². The van der Waals surface area contributed by atoms with Crippen LogP contribution in [0.4, 0.5) is 22.7 Å². The molecular formula is C24H27N6+. The van der Waals surface area contributed by atoms with E-state index in [-0.39, 0.29) is 0 Å². The fourth-order valence-electron chi connectivity index (χ4n) is 3.79. The number of benzene rings is 3. The average molecular weight is 400 g/mol. The highest BCUT2D eigenvalue weighted by molar-refractivity contribution is 5.97. The van der Waals surface area contributed by atoms with Crippen molar-refractivity contribution in [1.82, 2.24) is 4.57 Å². The SMILES string of the molecule is C/C(=N\N(C)c1ccc(Nc2ccc(N)cc2)cc1)c1n(C)c2ccccc2[n+]1C. The Kier molecular flexibility index (Phi) is 5.14. The van der Waals surface area contributed by atoms with Crippen LogP contribution >= 0.6 is 0 Å². The van der Waals surface area contributed by atoms with Crippen LogP contribution in [0.25, 0.3) is 11.0 Å². The van der Waals surface area contributed by atoms with Crippen molar-refractivity contribution >= 4 is 39.5 Å². The molecule has 0 aliphatic heterocycles. The van der Waals surface area contributed by atoms with Gasteiger partial charge in [-0.05, 0) is 67.6 Å². The fourth-order valence-corrected chi connectivity index (χ4v) is 3.79. The summed E-state index contributed by atoms with van der Waals surface area (Å²) in [6.07, 6.45) is 0. The summed E-state index contributed by atoms with van der Waals surface area (Å²) in [6, 6.07) is 24.3. The van der Waals surface area contributed by atoms with Crippen molar-refractivity contribution in [3.63, 3.8) is 0 Å². The van der Waals surface area contributed by atoms with E-state index in [1.165, 1.54) is 11.0 Å². The lowest BCUT2D eigenvalue weighted by atomic mass is 10.2. The Morgan fingerprint density at radius 3 is 2.20 bits per heavy atom. The third-order valence-electron chi connectivity index (χ3n) is 5.30. The standard InChI is InChI=1S/C24H26N6/c1-17(24-28(2)22-7-5-6-8-23(22)29(24)3)27-30(4)21-15-13-20(14-16-21)26-19-11-9-18(25)10-12-19/h5-16,25,27H,1-4H3/p+1. The molecule has 6 nitrogen and oxygen atoms in total. The number of anilines is 4. The summed E-state index contributed by atoms with van der Waals surface area (Å²) in [7, 11) is 6.12. The van der Waals surface area contributed by atoms with E-state index in [2.05, 4.69) is 64.9 Å². The molecular weight excluding hydrogens is 372 g/mol. The van der Waals surface area contributed by atoms with Gasteiger partial charge < -0.3 is 11.1 Å². The number of hydrogen-bond donors (Lipinski definition) is 2. The number of fused-ring (bicyclic) bond motifs is 1. The Hall–Kier alpha value is -3.80. The number of rotatable bonds is 5. The van der Waals surface area contributed by atoms with Gasteiger partial charge in [0.25, 0.3) is 0 Å². The van der Waals surface area contributed by atoms with Gasteiger partial charge in [0.1, 0.15) is 5.71 Å². The number of para-hydroxylation sites is 2. The van der Waals surface area contributed by atoms with E-state index in [1.807, 2.05) is 55.4 Å². The van der Waals surface area contributed by atoms with Gasteiger partial charge in [0.2, 0.25) is 0 Å². The molecule has 0 bridgehead atoms. The number of hydrazone groups is 1. The first kappa shape index (κ1) is 19.5. The quantitative estimate of drug-likeness (QED) is 0.229. The third kappa shape index (κ3) is 3.72. The Bertz CT molecular complexity index is 1160. The molecule has 6 heteroatoms. The normalized spacial score (nSPS) is 11.7. The maximum atomic E-state index is 5.75. The Labute approximate surface area is 176 Å². The maximum absolute atomic E-state index is 5.75. The smallest absolute Gasteiger partial charge is 0.305 e. The summed E-state index contributed by atoms with van der Waals surface area (Å²) < 4.78 is 4.36. The van der Waals surface area contributed by atoms with Crippen molar-refractivity contribution in [3.8, 4) is 0 Å². The van der Waals surface area contributed by atoms with Crippen molar-refractivity contribution in [3.05, 3.63) is 78.6 Å². The molecule has 0 saturated carbocycles. The second-order valence-corrected chi connectivity index (χ2v) is 7.43. The number of nitrogens with zero attached hydrogens (tertiary/aromatic N) is 4. The van der Waals surface area contributed by atoms with Gasteiger partial charge in [-0.3, -0.25) is 5.01 Å². The number of hydrogen-bond acceptors (Lipinski definition) is 4. The molecule has 0 aliphatic rings. The highest BCUT2D eigenvalue weighted by Gasteiger charge is 2.22. The minimum atomic E-state index is 0.755. The lowest BCUT2D eigenvalue weighted by Gasteiger charge is -2.15. The molecule has 0 unspecified atom stereocenters. The molecule has 3 N–H and O–H groups in total. The first-order chi connectivity index (χ1) is 14.4. The van der Waals surface area contributed by atoms with Crippen LogP contribution in [0.15, 0.2) is 77.9 Å². The summed E-state index contributed by atoms with van der Waals surface area (Å²) in [4.78, 5) is 0. The average Bonchev–Trinajstić information content (AvgIpc) is 3.01. The van der Waals surface area contributed by atoms with Crippen LogP contribution in [0.5, 0.6) is 0 Å². The predicted octanol–water partition coefficient (Wildman–Crippen LogP) is 4.19. The van der Waals surface area contributed by atoms with Crippen LogP contribution in [0.2, 0.25) is 0 Å². The molecule has 0 radical (unpaired) electrons. The molecule has 30 heavy (non-hydrogen) atoms. The van der Waals surface area contributed by atoms with Crippen LogP contribution in [0.3, 0.4) is 0 Å². The van der Waals surface area contributed by atoms with E-state index < -0.39 is 0 Å². The van der Waals surface area contributed by atoms with Crippen LogP contribution in [0, 0.1) is 0 Å². The van der Waals surface area contributed by atoms with Crippen molar-refractivity contribution in [2.45, 2.75) is 6.92 Å². The van der Waals surface area contributed by atoms with E-state index in [0.29, 0.717) is 0 Å². The van der Waals surface area contributed by atoms with Gasteiger partial charge in [0, 0.05) is 24.1 Å². The zero-order chi connectivity index (χ0) is 21.3. The van der Waals surface area contributed by atoms with Crippen molar-refractivity contribution in [1.29, 1.82) is 0 Å². The fraction of sp³-hybridized carbons (Fsp3) is 0.167. The zero-order valence-corrected chi connectivity index (χ0v) is 17.8. The molecule has 1 heterocycles. The minimum absolute atomic E-state index is 0.755. The monoisotopic (exact) mass is 399 g/mol. The van der Waals surface area contributed by atoms with E-state index >= 15 is 0 Å². The van der Waals surface area contributed by atoms with Gasteiger partial charge in [0.15, 0.2) is 11.0 Å². The van der Waals surface area contributed by atoms with Crippen molar-refractivity contribution in [2.24, 2.45) is 19.2 Å². The molecule has 0 saturated heterocycles. The lowest BCUT2D eigenvalue weighted by molar-refractivity contribution is -0.647.